The van der Waals surface area contributed by atoms with E-state index >= 15 is 0 Å². The zero-order valence-corrected chi connectivity index (χ0v) is 17.0. The summed E-state index contributed by atoms with van der Waals surface area (Å²) in [6, 6.07) is 18.6. The Balaban J connectivity index is 1.70. The average molecular weight is 393 g/mol. The van der Waals surface area contributed by atoms with Gasteiger partial charge in [0.15, 0.2) is 5.78 Å². The van der Waals surface area contributed by atoms with Crippen LogP contribution in [0.1, 0.15) is 35.4 Å². The van der Waals surface area contributed by atoms with Gasteiger partial charge in [0, 0.05) is 30.0 Å². The first-order valence-electron chi connectivity index (χ1n) is 9.69. The molecule has 0 amide bonds. The Morgan fingerprint density at radius 1 is 1.00 bits per heavy atom. The fourth-order valence-corrected chi connectivity index (χ4v) is 3.45. The van der Waals surface area contributed by atoms with Gasteiger partial charge in [-0.2, -0.15) is 0 Å². The van der Waals surface area contributed by atoms with Crippen LogP contribution in [0.3, 0.4) is 0 Å². The van der Waals surface area contributed by atoms with Crippen LogP contribution in [-0.4, -0.2) is 37.7 Å². The number of ketones is 1. The molecule has 3 aromatic carbocycles. The molecule has 0 saturated carbocycles. The van der Waals surface area contributed by atoms with Crippen LogP contribution < -0.4 is 14.8 Å². The van der Waals surface area contributed by atoms with Crippen molar-refractivity contribution in [1.29, 1.82) is 0 Å². The summed E-state index contributed by atoms with van der Waals surface area (Å²) in [5.74, 6) is 1.44. The van der Waals surface area contributed by atoms with Crippen molar-refractivity contribution in [2.75, 3.05) is 20.8 Å². The van der Waals surface area contributed by atoms with Crippen molar-refractivity contribution >= 4 is 16.6 Å². The summed E-state index contributed by atoms with van der Waals surface area (Å²) in [5, 5.41) is 15.4. The summed E-state index contributed by atoms with van der Waals surface area (Å²) >= 11 is 0. The van der Waals surface area contributed by atoms with E-state index in [1.54, 1.807) is 20.3 Å². The number of aliphatic hydroxyl groups is 1. The molecule has 2 atom stereocenters. The quantitative estimate of drug-likeness (QED) is 0.535. The number of benzene rings is 3. The maximum atomic E-state index is 12.9. The van der Waals surface area contributed by atoms with Gasteiger partial charge in [0.1, 0.15) is 11.5 Å². The first kappa shape index (κ1) is 20.8. The molecule has 5 heteroatoms. The number of methoxy groups -OCH3 is 2. The van der Waals surface area contributed by atoms with Crippen LogP contribution in [0.15, 0.2) is 60.7 Å². The molecule has 152 valence electrons. The van der Waals surface area contributed by atoms with Crippen LogP contribution >= 0.6 is 0 Å². The van der Waals surface area contributed by atoms with Gasteiger partial charge >= 0.3 is 0 Å². The molecule has 0 aliphatic carbocycles. The number of carbonyl (C=O) groups excluding carboxylic acids is 1. The molecular formula is C24H27NO4. The van der Waals surface area contributed by atoms with Gasteiger partial charge in [0.05, 0.1) is 20.3 Å². The first-order chi connectivity index (χ1) is 14.0. The minimum Gasteiger partial charge on any atom is -0.497 e. The number of hydrogen-bond donors (Lipinski definition) is 2. The molecule has 0 heterocycles. The van der Waals surface area contributed by atoms with Crippen molar-refractivity contribution in [3.05, 3.63) is 71.8 Å². The van der Waals surface area contributed by atoms with Crippen molar-refractivity contribution in [2.24, 2.45) is 0 Å². The topological polar surface area (TPSA) is 67.8 Å². The molecule has 3 aromatic rings. The summed E-state index contributed by atoms with van der Waals surface area (Å²) < 4.78 is 10.7. The highest BCUT2D eigenvalue weighted by Crippen LogP contribution is 2.32. The lowest BCUT2D eigenvalue weighted by molar-refractivity contribution is 0.0973. The highest BCUT2D eigenvalue weighted by molar-refractivity contribution is 6.10. The lowest BCUT2D eigenvalue weighted by atomic mass is 9.98. The van der Waals surface area contributed by atoms with E-state index < -0.39 is 6.10 Å². The Morgan fingerprint density at radius 2 is 1.76 bits per heavy atom. The third-order valence-electron chi connectivity index (χ3n) is 5.14. The van der Waals surface area contributed by atoms with Crippen molar-refractivity contribution in [3.8, 4) is 11.5 Å². The normalized spacial score (nSPS) is 13.1. The van der Waals surface area contributed by atoms with E-state index in [-0.39, 0.29) is 11.8 Å². The Bertz CT molecular complexity index is 971. The highest BCUT2D eigenvalue weighted by atomic mass is 16.5. The number of Topliss-reactive ketones (excluding diaryl/α,β-unsaturated/α-hetero) is 1. The van der Waals surface area contributed by atoms with E-state index in [1.807, 2.05) is 61.5 Å². The molecule has 0 bridgehead atoms. The Labute approximate surface area is 171 Å². The monoisotopic (exact) mass is 393 g/mol. The minimum absolute atomic E-state index is 0.0276. The number of nitrogens with one attached hydrogen (secondary N) is 1. The molecule has 0 radical (unpaired) electrons. The molecule has 0 saturated heterocycles. The van der Waals surface area contributed by atoms with Gasteiger partial charge in [-0.25, -0.2) is 0 Å². The van der Waals surface area contributed by atoms with Crippen LogP contribution in [0.2, 0.25) is 0 Å². The van der Waals surface area contributed by atoms with Gasteiger partial charge in [-0.3, -0.25) is 4.79 Å². The number of fused-ring (bicyclic) bond motifs is 1. The van der Waals surface area contributed by atoms with Crippen LogP contribution in [-0.2, 0) is 0 Å². The summed E-state index contributed by atoms with van der Waals surface area (Å²) in [5.41, 5.74) is 1.49. The second-order valence-corrected chi connectivity index (χ2v) is 7.00. The van der Waals surface area contributed by atoms with Crippen LogP contribution in [0.25, 0.3) is 10.8 Å². The van der Waals surface area contributed by atoms with Gasteiger partial charge in [-0.05, 0) is 48.2 Å². The second kappa shape index (κ2) is 9.54. The van der Waals surface area contributed by atoms with E-state index in [9.17, 15) is 9.90 Å². The van der Waals surface area contributed by atoms with Gasteiger partial charge in [0.2, 0.25) is 0 Å². The molecule has 29 heavy (non-hydrogen) atoms. The summed E-state index contributed by atoms with van der Waals surface area (Å²) in [6.07, 6.45) is -0.304. The van der Waals surface area contributed by atoms with E-state index in [0.29, 0.717) is 24.3 Å². The number of ether oxygens (including phenoxy) is 2. The van der Waals surface area contributed by atoms with Crippen molar-refractivity contribution in [1.82, 2.24) is 5.32 Å². The van der Waals surface area contributed by atoms with E-state index in [4.69, 9.17) is 9.47 Å². The maximum absolute atomic E-state index is 12.9. The lowest BCUT2D eigenvalue weighted by Gasteiger charge is -2.20. The summed E-state index contributed by atoms with van der Waals surface area (Å²) in [6.45, 7) is 2.39. The van der Waals surface area contributed by atoms with Gasteiger partial charge in [0.25, 0.3) is 0 Å². The molecule has 0 fully saturated rings. The summed E-state index contributed by atoms with van der Waals surface area (Å²) in [7, 11) is 3.22. The number of aliphatic hydroxyl groups excluding tert-OH is 1. The predicted octanol–water partition coefficient (Wildman–Crippen LogP) is 4.14. The SMILES string of the molecule is COc1ccc2c(OC)ccc(C(=O)CCNC(C)C(O)c3ccccc3)c2c1. The van der Waals surface area contributed by atoms with Gasteiger partial charge in [-0.1, -0.05) is 30.3 Å². The smallest absolute Gasteiger partial charge is 0.164 e. The van der Waals surface area contributed by atoms with Crippen LogP contribution in [0, 0.1) is 0 Å². The second-order valence-electron chi connectivity index (χ2n) is 7.00. The van der Waals surface area contributed by atoms with Gasteiger partial charge in [-0.15, -0.1) is 0 Å². The Kier molecular flexibility index (Phi) is 6.86. The highest BCUT2D eigenvalue weighted by Gasteiger charge is 2.17. The first-order valence-corrected chi connectivity index (χ1v) is 9.69. The number of hydrogen-bond acceptors (Lipinski definition) is 5. The molecule has 0 aliphatic heterocycles. The molecule has 0 aromatic heterocycles. The molecule has 0 spiro atoms. The standard InChI is InChI=1S/C24H27NO4/c1-16(24(27)17-7-5-4-6-8-17)25-14-13-22(26)19-11-12-23(29-3)20-10-9-18(28-2)15-21(19)20/h4-12,15-16,24-25,27H,13-14H2,1-3H3. The van der Waals surface area contributed by atoms with Crippen LogP contribution in [0.4, 0.5) is 0 Å². The molecular weight excluding hydrogens is 366 g/mol. The fourth-order valence-electron chi connectivity index (χ4n) is 3.45. The molecule has 5 nitrogen and oxygen atoms in total. The third kappa shape index (κ3) is 4.75. The van der Waals surface area contributed by atoms with E-state index in [2.05, 4.69) is 5.32 Å². The minimum atomic E-state index is -0.627. The van der Waals surface area contributed by atoms with Crippen LogP contribution in [0.5, 0.6) is 11.5 Å². The Morgan fingerprint density at radius 3 is 2.45 bits per heavy atom. The van der Waals surface area contributed by atoms with Crippen molar-refractivity contribution in [3.63, 3.8) is 0 Å². The molecule has 2 unspecified atom stereocenters. The average Bonchev–Trinajstić information content (AvgIpc) is 2.77. The maximum Gasteiger partial charge on any atom is 0.164 e. The summed E-state index contributed by atoms with van der Waals surface area (Å²) in [4.78, 5) is 12.9. The van der Waals surface area contributed by atoms with Crippen molar-refractivity contribution < 1.29 is 19.4 Å². The lowest BCUT2D eigenvalue weighted by Crippen LogP contribution is -2.33. The molecule has 0 aliphatic rings. The molecule has 3 rings (SSSR count). The van der Waals surface area contributed by atoms with E-state index in [1.165, 1.54) is 0 Å². The molecule has 2 N–H and O–H groups in total. The number of rotatable bonds is 9. The third-order valence-corrected chi connectivity index (χ3v) is 5.14. The predicted molar refractivity (Wildman–Crippen MR) is 115 cm³/mol. The largest absolute Gasteiger partial charge is 0.497 e. The van der Waals surface area contributed by atoms with E-state index in [0.717, 1.165) is 22.1 Å². The Hall–Kier alpha value is -2.89. The van der Waals surface area contributed by atoms with Gasteiger partial charge < -0.3 is 19.9 Å². The van der Waals surface area contributed by atoms with Crippen molar-refractivity contribution in [2.45, 2.75) is 25.5 Å². The zero-order chi connectivity index (χ0) is 20.8. The zero-order valence-electron chi connectivity index (χ0n) is 17.0. The fraction of sp³-hybridized carbons (Fsp3) is 0.292. The number of carbonyl (C=O) groups is 1.